The van der Waals surface area contributed by atoms with Crippen molar-refractivity contribution >= 4 is 0 Å². The van der Waals surface area contributed by atoms with Gasteiger partial charge in [-0.15, -0.1) is 0 Å². The lowest BCUT2D eigenvalue weighted by atomic mass is 10.0. The van der Waals surface area contributed by atoms with Crippen LogP contribution in [-0.2, 0) is 28.4 Å². The van der Waals surface area contributed by atoms with Crippen LogP contribution < -0.4 is 0 Å². The molecule has 0 N–H and O–H groups in total. The summed E-state index contributed by atoms with van der Waals surface area (Å²) >= 11 is 0. The number of hydrogen-bond acceptors (Lipinski definition) is 3. The predicted octanol–water partition coefficient (Wildman–Crippen LogP) is 5.66. The minimum atomic E-state index is -4.90. The van der Waals surface area contributed by atoms with E-state index in [1.54, 1.807) is 0 Å². The van der Waals surface area contributed by atoms with Crippen LogP contribution >= 0.6 is 0 Å². The summed E-state index contributed by atoms with van der Waals surface area (Å²) in [5.74, 6) is 0. The Kier molecular flexibility index (Phi) is 6.74. The Morgan fingerprint density at radius 3 is 2.17 bits per heavy atom. The van der Waals surface area contributed by atoms with Gasteiger partial charge in [0.05, 0.1) is 23.8 Å². The monoisotopic (exact) mass is 433 g/mol. The Bertz CT molecular complexity index is 805. The second-order valence-corrected chi connectivity index (χ2v) is 7.14. The highest BCUT2D eigenvalue weighted by atomic mass is 19.4. The average molecular weight is 433 g/mol. The van der Waals surface area contributed by atoms with Crippen LogP contribution in [0.15, 0.2) is 48.5 Å². The van der Waals surface area contributed by atoms with Crippen molar-refractivity contribution in [3.8, 4) is 0 Å². The molecule has 2 aromatic carbocycles. The molecule has 1 saturated heterocycles. The third kappa shape index (κ3) is 5.96. The highest BCUT2D eigenvalue weighted by Crippen LogP contribution is 2.38. The van der Waals surface area contributed by atoms with Crippen molar-refractivity contribution in [2.75, 3.05) is 19.7 Å². The minimum Gasteiger partial charge on any atom is -0.350 e. The molecule has 0 spiro atoms. The molecule has 1 aliphatic heterocycles. The summed E-state index contributed by atoms with van der Waals surface area (Å²) < 4.78 is 89.7. The van der Waals surface area contributed by atoms with Crippen LogP contribution in [0.1, 0.15) is 35.3 Å². The Balaban J connectivity index is 1.72. The maximum Gasteiger partial charge on any atom is 0.416 e. The summed E-state index contributed by atoms with van der Waals surface area (Å²) in [6.07, 6.45) is -11.6. The number of rotatable bonds is 5. The zero-order valence-corrected chi connectivity index (χ0v) is 16.1. The van der Waals surface area contributed by atoms with E-state index in [0.717, 1.165) is 5.56 Å². The van der Waals surface area contributed by atoms with Crippen molar-refractivity contribution in [2.45, 2.75) is 38.2 Å². The van der Waals surface area contributed by atoms with Crippen LogP contribution in [0.3, 0.4) is 0 Å². The average Bonchev–Trinajstić information content (AvgIpc) is 2.67. The molecule has 2 atom stereocenters. The maximum absolute atomic E-state index is 13.1. The third-order valence-corrected chi connectivity index (χ3v) is 4.80. The summed E-state index contributed by atoms with van der Waals surface area (Å²) in [5, 5.41) is 0. The fourth-order valence-corrected chi connectivity index (χ4v) is 3.26. The fraction of sp³-hybridized carbons (Fsp3) is 0.429. The summed E-state index contributed by atoms with van der Waals surface area (Å²) in [7, 11) is 0. The first-order chi connectivity index (χ1) is 14.0. The van der Waals surface area contributed by atoms with Gasteiger partial charge in [-0.2, -0.15) is 26.3 Å². The van der Waals surface area contributed by atoms with Gasteiger partial charge in [-0.05, 0) is 36.2 Å². The lowest BCUT2D eigenvalue weighted by Crippen LogP contribution is -2.43. The molecular formula is C21H21F6NO2. The largest absolute Gasteiger partial charge is 0.416 e. The van der Waals surface area contributed by atoms with Gasteiger partial charge in [0.2, 0.25) is 0 Å². The van der Waals surface area contributed by atoms with Crippen LogP contribution in [0.25, 0.3) is 0 Å². The minimum absolute atomic E-state index is 0.106. The van der Waals surface area contributed by atoms with Crippen molar-refractivity contribution in [1.82, 2.24) is 4.90 Å². The topological polar surface area (TPSA) is 21.7 Å². The summed E-state index contributed by atoms with van der Waals surface area (Å²) in [6.45, 7) is 3.39. The highest BCUT2D eigenvalue weighted by Gasteiger charge is 2.37. The van der Waals surface area contributed by atoms with Gasteiger partial charge >= 0.3 is 12.4 Å². The van der Waals surface area contributed by atoms with Crippen molar-refractivity contribution in [1.29, 1.82) is 0 Å². The van der Waals surface area contributed by atoms with E-state index in [1.807, 2.05) is 30.3 Å². The lowest BCUT2D eigenvalue weighted by molar-refractivity contribution is -0.201. The number of ether oxygens (including phenoxy) is 2. The summed E-state index contributed by atoms with van der Waals surface area (Å²) in [6, 6.07) is 11.1. The number of halogens is 6. The second-order valence-electron chi connectivity index (χ2n) is 7.14. The van der Waals surface area contributed by atoms with Gasteiger partial charge in [0.1, 0.15) is 0 Å². The number of benzene rings is 2. The molecule has 0 unspecified atom stereocenters. The molecule has 3 rings (SSSR count). The second kappa shape index (κ2) is 8.95. The molecule has 1 aliphatic rings. The van der Waals surface area contributed by atoms with Gasteiger partial charge < -0.3 is 9.47 Å². The maximum atomic E-state index is 13.1. The van der Waals surface area contributed by atoms with E-state index in [9.17, 15) is 26.3 Å². The zero-order valence-electron chi connectivity index (χ0n) is 16.1. The lowest BCUT2D eigenvalue weighted by Gasteiger charge is -2.34. The summed E-state index contributed by atoms with van der Waals surface area (Å²) in [4.78, 5) is 2.06. The molecular weight excluding hydrogens is 412 g/mol. The van der Waals surface area contributed by atoms with Crippen molar-refractivity contribution in [3.63, 3.8) is 0 Å². The molecule has 1 fully saturated rings. The smallest absolute Gasteiger partial charge is 0.350 e. The summed E-state index contributed by atoms with van der Waals surface area (Å²) in [5.41, 5.74) is -1.85. The Labute approximate surface area is 170 Å². The zero-order chi connectivity index (χ0) is 21.9. The van der Waals surface area contributed by atoms with Crippen molar-refractivity contribution in [2.24, 2.45) is 0 Å². The highest BCUT2D eigenvalue weighted by molar-refractivity contribution is 5.34. The predicted molar refractivity (Wildman–Crippen MR) is 97.4 cm³/mol. The molecule has 2 aromatic rings. The first-order valence-corrected chi connectivity index (χ1v) is 9.35. The van der Waals surface area contributed by atoms with E-state index >= 15 is 0 Å². The molecule has 9 heteroatoms. The Hall–Kier alpha value is -2.10. The van der Waals surface area contributed by atoms with E-state index < -0.39 is 35.9 Å². The quantitative estimate of drug-likeness (QED) is 0.568. The Morgan fingerprint density at radius 2 is 1.60 bits per heavy atom. The van der Waals surface area contributed by atoms with Gasteiger partial charge in [-0.1, -0.05) is 30.3 Å². The number of hydrogen-bond donors (Lipinski definition) is 0. The van der Waals surface area contributed by atoms with Crippen LogP contribution in [0.2, 0.25) is 0 Å². The van der Waals surface area contributed by atoms with Gasteiger partial charge in [0.15, 0.2) is 6.29 Å². The van der Waals surface area contributed by atoms with Gasteiger partial charge in [0.25, 0.3) is 0 Å². The van der Waals surface area contributed by atoms with E-state index in [4.69, 9.17) is 9.47 Å². The SMILES string of the molecule is C[C@@H](O[C@@H]1CN(Cc2ccccc2)CCO1)c1cc(C(F)(F)F)cc(C(F)(F)F)c1. The fourth-order valence-electron chi connectivity index (χ4n) is 3.26. The van der Waals surface area contributed by atoms with E-state index in [2.05, 4.69) is 4.90 Å². The standard InChI is InChI=1S/C21H21F6NO2/c1-14(16-9-17(20(22,23)24)11-18(10-16)21(25,26)27)30-19-13-28(7-8-29-19)12-15-5-3-2-4-6-15/h2-6,9-11,14,19H,7-8,12-13H2,1H3/t14-,19-/m1/s1. The van der Waals surface area contributed by atoms with E-state index in [1.165, 1.54) is 6.92 Å². The number of alkyl halides is 6. The van der Waals surface area contributed by atoms with E-state index in [-0.39, 0.29) is 11.6 Å². The first-order valence-electron chi connectivity index (χ1n) is 9.35. The molecule has 0 radical (unpaired) electrons. The number of morpholine rings is 1. The Morgan fingerprint density at radius 1 is 1.00 bits per heavy atom. The molecule has 3 nitrogen and oxygen atoms in total. The third-order valence-electron chi connectivity index (χ3n) is 4.80. The van der Waals surface area contributed by atoms with Gasteiger partial charge in [-0.3, -0.25) is 4.90 Å². The van der Waals surface area contributed by atoms with Crippen LogP contribution in [0.5, 0.6) is 0 Å². The normalized spacial score (nSPS) is 19.6. The van der Waals surface area contributed by atoms with Crippen LogP contribution in [0, 0.1) is 0 Å². The van der Waals surface area contributed by atoms with Crippen LogP contribution in [0.4, 0.5) is 26.3 Å². The molecule has 1 heterocycles. The molecule has 0 amide bonds. The molecule has 0 aliphatic carbocycles. The first kappa shape index (κ1) is 22.6. The number of nitrogens with zero attached hydrogens (tertiary/aromatic N) is 1. The van der Waals surface area contributed by atoms with Gasteiger partial charge in [-0.25, -0.2) is 0 Å². The molecule has 0 saturated carbocycles. The van der Waals surface area contributed by atoms with Crippen molar-refractivity contribution in [3.05, 3.63) is 70.8 Å². The van der Waals surface area contributed by atoms with Crippen LogP contribution in [-0.4, -0.2) is 30.9 Å². The van der Waals surface area contributed by atoms with Crippen molar-refractivity contribution < 1.29 is 35.8 Å². The molecule has 30 heavy (non-hydrogen) atoms. The van der Waals surface area contributed by atoms with E-state index in [0.29, 0.717) is 38.4 Å². The van der Waals surface area contributed by atoms with Gasteiger partial charge in [0, 0.05) is 19.6 Å². The molecule has 164 valence electrons. The molecule has 0 bridgehead atoms. The molecule has 0 aromatic heterocycles.